The summed E-state index contributed by atoms with van der Waals surface area (Å²) in [4.78, 5) is 4.26. The molecule has 2 aromatic rings. The molecular weight excluding hydrogens is 217 g/mol. The SMILES string of the molecule is CC(N)Cc1cn(Cc2cccc(F)c2)cn1. The minimum absolute atomic E-state index is 0.104. The largest absolute Gasteiger partial charge is 0.333 e. The van der Waals surface area contributed by atoms with Crippen molar-refractivity contribution in [2.24, 2.45) is 5.73 Å². The van der Waals surface area contributed by atoms with Gasteiger partial charge >= 0.3 is 0 Å². The van der Waals surface area contributed by atoms with Crippen LogP contribution in [0.2, 0.25) is 0 Å². The first-order chi connectivity index (χ1) is 8.13. The second-order valence-electron chi connectivity index (χ2n) is 4.35. The summed E-state index contributed by atoms with van der Waals surface area (Å²) < 4.78 is 14.9. The quantitative estimate of drug-likeness (QED) is 0.877. The molecule has 0 radical (unpaired) electrons. The third-order valence-electron chi connectivity index (χ3n) is 2.47. The van der Waals surface area contributed by atoms with E-state index in [9.17, 15) is 4.39 Å². The van der Waals surface area contributed by atoms with E-state index in [1.807, 2.05) is 23.8 Å². The minimum atomic E-state index is -0.210. The molecule has 0 aliphatic carbocycles. The van der Waals surface area contributed by atoms with E-state index in [0.29, 0.717) is 6.54 Å². The van der Waals surface area contributed by atoms with Gasteiger partial charge in [0.05, 0.1) is 12.0 Å². The number of imidazole rings is 1. The van der Waals surface area contributed by atoms with Crippen molar-refractivity contribution in [3.8, 4) is 0 Å². The molecular formula is C13H16FN3. The molecule has 1 aromatic carbocycles. The molecule has 0 aliphatic rings. The predicted octanol–water partition coefficient (Wildman–Crippen LogP) is 1.96. The second-order valence-corrected chi connectivity index (χ2v) is 4.35. The highest BCUT2D eigenvalue weighted by atomic mass is 19.1. The Labute approximate surface area is 100 Å². The number of nitrogens with two attached hydrogens (primary N) is 1. The lowest BCUT2D eigenvalue weighted by Crippen LogP contribution is -2.17. The van der Waals surface area contributed by atoms with Gasteiger partial charge in [-0.2, -0.15) is 0 Å². The highest BCUT2D eigenvalue weighted by molar-refractivity contribution is 5.17. The van der Waals surface area contributed by atoms with Gasteiger partial charge in [-0.05, 0) is 24.6 Å². The highest BCUT2D eigenvalue weighted by Gasteiger charge is 2.03. The molecule has 90 valence electrons. The van der Waals surface area contributed by atoms with Crippen LogP contribution >= 0.6 is 0 Å². The van der Waals surface area contributed by atoms with E-state index in [2.05, 4.69) is 4.98 Å². The summed E-state index contributed by atoms with van der Waals surface area (Å²) in [6, 6.07) is 6.69. The van der Waals surface area contributed by atoms with Gasteiger partial charge in [-0.25, -0.2) is 9.37 Å². The van der Waals surface area contributed by atoms with Gasteiger partial charge < -0.3 is 10.3 Å². The summed E-state index contributed by atoms with van der Waals surface area (Å²) in [5.74, 6) is -0.210. The van der Waals surface area contributed by atoms with Crippen LogP contribution < -0.4 is 5.73 Å². The maximum absolute atomic E-state index is 13.0. The van der Waals surface area contributed by atoms with Gasteiger partial charge in [-0.3, -0.25) is 0 Å². The van der Waals surface area contributed by atoms with Crippen LogP contribution in [0.3, 0.4) is 0 Å². The van der Waals surface area contributed by atoms with Gasteiger partial charge in [0.2, 0.25) is 0 Å². The van der Waals surface area contributed by atoms with Crippen molar-refractivity contribution in [3.63, 3.8) is 0 Å². The predicted molar refractivity (Wildman–Crippen MR) is 65.1 cm³/mol. The first-order valence-corrected chi connectivity index (χ1v) is 5.64. The van der Waals surface area contributed by atoms with Crippen molar-refractivity contribution in [2.45, 2.75) is 25.9 Å². The molecule has 2 N–H and O–H groups in total. The van der Waals surface area contributed by atoms with Crippen LogP contribution in [-0.2, 0) is 13.0 Å². The topological polar surface area (TPSA) is 43.8 Å². The van der Waals surface area contributed by atoms with Crippen LogP contribution in [0, 0.1) is 5.82 Å². The Kier molecular flexibility index (Phi) is 3.54. The fraction of sp³-hybridized carbons (Fsp3) is 0.308. The molecule has 1 aromatic heterocycles. The van der Waals surface area contributed by atoms with Crippen LogP contribution in [-0.4, -0.2) is 15.6 Å². The van der Waals surface area contributed by atoms with Crippen LogP contribution in [0.15, 0.2) is 36.8 Å². The fourth-order valence-electron chi connectivity index (χ4n) is 1.77. The zero-order chi connectivity index (χ0) is 12.3. The van der Waals surface area contributed by atoms with E-state index in [1.54, 1.807) is 12.4 Å². The third kappa shape index (κ3) is 3.39. The number of aromatic nitrogens is 2. The van der Waals surface area contributed by atoms with Gasteiger partial charge in [0.25, 0.3) is 0 Å². The lowest BCUT2D eigenvalue weighted by atomic mass is 10.2. The number of hydrogen-bond acceptors (Lipinski definition) is 2. The number of rotatable bonds is 4. The smallest absolute Gasteiger partial charge is 0.123 e. The summed E-state index contributed by atoms with van der Waals surface area (Å²) in [7, 11) is 0. The first kappa shape index (κ1) is 11.8. The molecule has 1 atom stereocenters. The van der Waals surface area contributed by atoms with Crippen molar-refractivity contribution in [1.82, 2.24) is 9.55 Å². The fourth-order valence-corrected chi connectivity index (χ4v) is 1.77. The number of halogens is 1. The van der Waals surface area contributed by atoms with Crippen molar-refractivity contribution in [1.29, 1.82) is 0 Å². The van der Waals surface area contributed by atoms with Gasteiger partial charge in [0.15, 0.2) is 0 Å². The van der Waals surface area contributed by atoms with E-state index in [0.717, 1.165) is 17.7 Å². The Morgan fingerprint density at radius 2 is 2.29 bits per heavy atom. The standard InChI is InChI=1S/C13H16FN3/c1-10(15)5-13-8-17(9-16-13)7-11-3-2-4-12(14)6-11/h2-4,6,8-10H,5,7,15H2,1H3. The van der Waals surface area contributed by atoms with E-state index in [1.165, 1.54) is 12.1 Å². The normalized spacial score (nSPS) is 12.6. The minimum Gasteiger partial charge on any atom is -0.333 e. The summed E-state index contributed by atoms with van der Waals surface area (Å²) in [6.07, 6.45) is 4.47. The van der Waals surface area contributed by atoms with Gasteiger partial charge in [0, 0.05) is 25.2 Å². The molecule has 0 amide bonds. The zero-order valence-corrected chi connectivity index (χ0v) is 9.81. The Hall–Kier alpha value is -1.68. The van der Waals surface area contributed by atoms with Crippen LogP contribution in [0.5, 0.6) is 0 Å². The number of hydrogen-bond donors (Lipinski definition) is 1. The van der Waals surface area contributed by atoms with Gasteiger partial charge in [-0.15, -0.1) is 0 Å². The molecule has 17 heavy (non-hydrogen) atoms. The van der Waals surface area contributed by atoms with Gasteiger partial charge in [-0.1, -0.05) is 12.1 Å². The molecule has 4 heteroatoms. The lowest BCUT2D eigenvalue weighted by molar-refractivity contribution is 0.623. The second kappa shape index (κ2) is 5.10. The Balaban J connectivity index is 2.06. The molecule has 3 nitrogen and oxygen atoms in total. The Morgan fingerprint density at radius 1 is 1.47 bits per heavy atom. The summed E-state index contributed by atoms with van der Waals surface area (Å²) in [5.41, 5.74) is 7.60. The number of benzene rings is 1. The highest BCUT2D eigenvalue weighted by Crippen LogP contribution is 2.07. The third-order valence-corrected chi connectivity index (χ3v) is 2.47. The van der Waals surface area contributed by atoms with Crippen molar-refractivity contribution < 1.29 is 4.39 Å². The van der Waals surface area contributed by atoms with Crippen molar-refractivity contribution >= 4 is 0 Å². The molecule has 1 unspecified atom stereocenters. The maximum Gasteiger partial charge on any atom is 0.123 e. The first-order valence-electron chi connectivity index (χ1n) is 5.64. The van der Waals surface area contributed by atoms with Crippen molar-refractivity contribution in [2.75, 3.05) is 0 Å². The monoisotopic (exact) mass is 233 g/mol. The van der Waals surface area contributed by atoms with Crippen LogP contribution in [0.4, 0.5) is 4.39 Å². The molecule has 2 rings (SSSR count). The average Bonchev–Trinajstić information content (AvgIpc) is 2.64. The summed E-state index contributed by atoms with van der Waals surface area (Å²) in [6.45, 7) is 2.58. The molecule has 0 saturated carbocycles. The maximum atomic E-state index is 13.0. The Bertz CT molecular complexity index is 491. The molecule has 1 heterocycles. The lowest BCUT2D eigenvalue weighted by Gasteiger charge is -2.02. The van der Waals surface area contributed by atoms with Crippen molar-refractivity contribution in [3.05, 3.63) is 53.9 Å². The molecule has 0 aliphatic heterocycles. The molecule has 0 saturated heterocycles. The van der Waals surface area contributed by atoms with E-state index < -0.39 is 0 Å². The van der Waals surface area contributed by atoms with E-state index in [-0.39, 0.29) is 11.9 Å². The molecule has 0 spiro atoms. The molecule has 0 fully saturated rings. The Morgan fingerprint density at radius 3 is 3.00 bits per heavy atom. The summed E-state index contributed by atoms with van der Waals surface area (Å²) in [5, 5.41) is 0. The molecule has 0 bridgehead atoms. The zero-order valence-electron chi connectivity index (χ0n) is 9.81. The van der Waals surface area contributed by atoms with E-state index in [4.69, 9.17) is 5.73 Å². The van der Waals surface area contributed by atoms with E-state index >= 15 is 0 Å². The van der Waals surface area contributed by atoms with Gasteiger partial charge in [0.1, 0.15) is 5.82 Å². The van der Waals surface area contributed by atoms with Crippen LogP contribution in [0.25, 0.3) is 0 Å². The van der Waals surface area contributed by atoms with Crippen LogP contribution in [0.1, 0.15) is 18.2 Å². The average molecular weight is 233 g/mol. The number of nitrogens with zero attached hydrogens (tertiary/aromatic N) is 2. The summed E-state index contributed by atoms with van der Waals surface area (Å²) >= 11 is 0.